The van der Waals surface area contributed by atoms with Crippen molar-refractivity contribution >= 4 is 44.1 Å². The molecule has 198 valence electrons. The van der Waals surface area contributed by atoms with E-state index in [1.54, 1.807) is 30.3 Å². The molecule has 1 fully saturated rings. The van der Waals surface area contributed by atoms with Crippen LogP contribution >= 0.6 is 11.6 Å². The van der Waals surface area contributed by atoms with Gasteiger partial charge in [0, 0.05) is 11.9 Å². The van der Waals surface area contributed by atoms with Crippen LogP contribution in [0.1, 0.15) is 39.9 Å². The molecule has 1 aliphatic rings. The highest BCUT2D eigenvalue weighted by molar-refractivity contribution is 7.90. The van der Waals surface area contributed by atoms with Crippen molar-refractivity contribution in [2.75, 3.05) is 5.32 Å². The summed E-state index contributed by atoms with van der Waals surface area (Å²) in [4.78, 5) is 13.1. The molecule has 12 heteroatoms. The van der Waals surface area contributed by atoms with Gasteiger partial charge >= 0.3 is 6.18 Å². The fraction of sp³-hybridized carbons (Fsp3) is 0.231. The molecule has 38 heavy (non-hydrogen) atoms. The molecule has 0 aliphatic heterocycles. The molecule has 1 heterocycles. The Hall–Kier alpha value is -3.41. The Morgan fingerprint density at radius 2 is 1.89 bits per heavy atom. The van der Waals surface area contributed by atoms with Crippen LogP contribution in [-0.4, -0.2) is 29.4 Å². The number of benzene rings is 3. The highest BCUT2D eigenvalue weighted by Gasteiger charge is 2.35. The standard InChI is InChI=1S/C26H22ClF3N4O3S/c1-15-5-7-17(12-21(15)26(28,29)30)34-24-4-2-3-23(20(24)14-31-34)33-25(35)19-11-16(6-10-22(19)27)13-32-38(36,37)18-8-9-18/h2-7,10-12,14,18,32H,8-9,13H2,1H3,(H,33,35). The Labute approximate surface area is 221 Å². The second-order valence-corrected chi connectivity index (χ2v) is 11.6. The smallest absolute Gasteiger partial charge is 0.321 e. The van der Waals surface area contributed by atoms with Gasteiger partial charge in [0.2, 0.25) is 10.0 Å². The maximum atomic E-state index is 13.4. The van der Waals surface area contributed by atoms with Crippen LogP contribution in [-0.2, 0) is 22.7 Å². The number of sulfonamides is 1. The van der Waals surface area contributed by atoms with Crippen molar-refractivity contribution in [1.29, 1.82) is 0 Å². The van der Waals surface area contributed by atoms with Crippen LogP contribution in [0.2, 0.25) is 5.02 Å². The van der Waals surface area contributed by atoms with Gasteiger partial charge in [-0.2, -0.15) is 18.3 Å². The first kappa shape index (κ1) is 26.2. The zero-order valence-corrected chi connectivity index (χ0v) is 21.6. The molecular weight excluding hydrogens is 541 g/mol. The van der Waals surface area contributed by atoms with Gasteiger partial charge in [-0.1, -0.05) is 29.8 Å². The molecule has 0 unspecified atom stereocenters. The van der Waals surface area contributed by atoms with Crippen LogP contribution in [0, 0.1) is 6.92 Å². The summed E-state index contributed by atoms with van der Waals surface area (Å²) in [6, 6.07) is 13.6. The zero-order valence-electron chi connectivity index (χ0n) is 20.0. The Balaban J connectivity index is 1.41. The quantitative estimate of drug-likeness (QED) is 0.296. The van der Waals surface area contributed by atoms with Crippen LogP contribution in [0.15, 0.2) is 60.8 Å². The molecule has 0 atom stereocenters. The Bertz CT molecular complexity index is 1660. The predicted molar refractivity (Wildman–Crippen MR) is 139 cm³/mol. The number of aromatic nitrogens is 2. The van der Waals surface area contributed by atoms with E-state index in [-0.39, 0.29) is 33.6 Å². The third-order valence-corrected chi connectivity index (χ3v) is 8.57. The Morgan fingerprint density at radius 1 is 1.13 bits per heavy atom. The number of alkyl halides is 3. The summed E-state index contributed by atoms with van der Waals surface area (Å²) in [5.41, 5.74) is 1.17. The molecule has 2 N–H and O–H groups in total. The van der Waals surface area contributed by atoms with Crippen molar-refractivity contribution in [2.24, 2.45) is 0 Å². The molecular formula is C26H22ClF3N4O3S. The van der Waals surface area contributed by atoms with Crippen molar-refractivity contribution in [3.63, 3.8) is 0 Å². The maximum Gasteiger partial charge on any atom is 0.416 e. The number of hydrogen-bond donors (Lipinski definition) is 2. The van der Waals surface area contributed by atoms with Crippen LogP contribution in [0.25, 0.3) is 16.6 Å². The minimum Gasteiger partial charge on any atom is -0.321 e. The number of carbonyl (C=O) groups is 1. The lowest BCUT2D eigenvalue weighted by Gasteiger charge is -2.13. The average molecular weight is 563 g/mol. The molecule has 0 radical (unpaired) electrons. The van der Waals surface area contributed by atoms with E-state index < -0.39 is 27.7 Å². The fourth-order valence-electron chi connectivity index (χ4n) is 4.14. The minimum absolute atomic E-state index is 0.0229. The van der Waals surface area contributed by atoms with Gasteiger partial charge in [0.25, 0.3) is 5.91 Å². The molecule has 3 aromatic carbocycles. The summed E-state index contributed by atoms with van der Waals surface area (Å²) in [7, 11) is -3.39. The van der Waals surface area contributed by atoms with E-state index >= 15 is 0 Å². The molecule has 1 saturated carbocycles. The summed E-state index contributed by atoms with van der Waals surface area (Å²) < 4.78 is 68.5. The van der Waals surface area contributed by atoms with Gasteiger partial charge < -0.3 is 5.32 Å². The van der Waals surface area contributed by atoms with E-state index in [9.17, 15) is 26.4 Å². The normalized spacial score (nSPS) is 14.1. The third kappa shape index (κ3) is 5.27. The van der Waals surface area contributed by atoms with Gasteiger partial charge in [0.15, 0.2) is 0 Å². The average Bonchev–Trinajstić information content (AvgIpc) is 3.64. The van der Waals surface area contributed by atoms with E-state index in [4.69, 9.17) is 11.6 Å². The highest BCUT2D eigenvalue weighted by Crippen LogP contribution is 2.34. The summed E-state index contributed by atoms with van der Waals surface area (Å²) in [5.74, 6) is -0.531. The summed E-state index contributed by atoms with van der Waals surface area (Å²) in [6.45, 7) is 1.42. The van der Waals surface area contributed by atoms with Crippen molar-refractivity contribution in [3.05, 3.63) is 88.1 Å². The lowest BCUT2D eigenvalue weighted by Crippen LogP contribution is -2.26. The van der Waals surface area contributed by atoms with Gasteiger partial charge in [-0.15, -0.1) is 0 Å². The van der Waals surface area contributed by atoms with Crippen LogP contribution in [0.5, 0.6) is 0 Å². The zero-order chi connectivity index (χ0) is 27.2. The third-order valence-electron chi connectivity index (χ3n) is 6.35. The van der Waals surface area contributed by atoms with Crippen LogP contribution in [0.3, 0.4) is 0 Å². The number of amides is 1. The first-order valence-electron chi connectivity index (χ1n) is 11.7. The van der Waals surface area contributed by atoms with Gasteiger partial charge in [-0.25, -0.2) is 17.8 Å². The predicted octanol–water partition coefficient (Wildman–Crippen LogP) is 5.84. The number of aryl methyl sites for hydroxylation is 1. The van der Waals surface area contributed by atoms with E-state index in [1.165, 1.54) is 36.0 Å². The molecule has 1 amide bonds. The first-order chi connectivity index (χ1) is 17.9. The number of fused-ring (bicyclic) bond motifs is 1. The largest absolute Gasteiger partial charge is 0.416 e. The van der Waals surface area contributed by atoms with E-state index in [0.29, 0.717) is 35.0 Å². The summed E-state index contributed by atoms with van der Waals surface area (Å²) in [5, 5.41) is 7.38. The number of halogens is 4. The molecule has 0 bridgehead atoms. The monoisotopic (exact) mass is 562 g/mol. The number of carbonyl (C=O) groups excluding carboxylic acids is 1. The Kier molecular flexibility index (Phi) is 6.70. The van der Waals surface area contributed by atoms with E-state index in [2.05, 4.69) is 15.1 Å². The van der Waals surface area contributed by atoms with Crippen molar-refractivity contribution in [1.82, 2.24) is 14.5 Å². The second-order valence-electron chi connectivity index (χ2n) is 9.13. The van der Waals surface area contributed by atoms with Gasteiger partial charge in [-0.05, 0) is 67.3 Å². The van der Waals surface area contributed by atoms with Gasteiger partial charge in [0.1, 0.15) is 0 Å². The number of hydrogen-bond acceptors (Lipinski definition) is 4. The molecule has 1 aliphatic carbocycles. The molecule has 7 nitrogen and oxygen atoms in total. The fourth-order valence-corrected chi connectivity index (χ4v) is 5.70. The molecule has 1 aromatic heterocycles. The lowest BCUT2D eigenvalue weighted by molar-refractivity contribution is -0.138. The summed E-state index contributed by atoms with van der Waals surface area (Å²) in [6.07, 6.45) is -1.77. The van der Waals surface area contributed by atoms with E-state index in [1.807, 2.05) is 0 Å². The van der Waals surface area contributed by atoms with Gasteiger partial charge in [-0.3, -0.25) is 4.79 Å². The number of anilines is 1. The molecule has 0 saturated heterocycles. The van der Waals surface area contributed by atoms with Crippen molar-refractivity contribution in [2.45, 2.75) is 37.7 Å². The topological polar surface area (TPSA) is 93.1 Å². The molecule has 5 rings (SSSR count). The maximum absolute atomic E-state index is 13.4. The molecule has 4 aromatic rings. The van der Waals surface area contributed by atoms with Crippen LogP contribution < -0.4 is 10.0 Å². The minimum atomic E-state index is -4.51. The van der Waals surface area contributed by atoms with Gasteiger partial charge in [0.05, 0.1) is 44.5 Å². The van der Waals surface area contributed by atoms with Crippen molar-refractivity contribution < 1.29 is 26.4 Å². The number of rotatable bonds is 7. The second kappa shape index (κ2) is 9.72. The SMILES string of the molecule is Cc1ccc(-n2ncc3c(NC(=O)c4cc(CNS(=O)(=O)C5CC5)ccc4Cl)cccc32)cc1C(F)(F)F. The van der Waals surface area contributed by atoms with Crippen LogP contribution in [0.4, 0.5) is 18.9 Å². The Morgan fingerprint density at radius 3 is 2.61 bits per heavy atom. The lowest BCUT2D eigenvalue weighted by atomic mass is 10.1. The van der Waals surface area contributed by atoms with Crippen molar-refractivity contribution in [3.8, 4) is 5.69 Å². The molecule has 0 spiro atoms. The first-order valence-corrected chi connectivity index (χ1v) is 13.6. The number of nitrogens with zero attached hydrogens (tertiary/aromatic N) is 2. The van der Waals surface area contributed by atoms with E-state index in [0.717, 1.165) is 6.07 Å². The highest BCUT2D eigenvalue weighted by atomic mass is 35.5. The summed E-state index contributed by atoms with van der Waals surface area (Å²) >= 11 is 6.27. The number of nitrogens with one attached hydrogen (secondary N) is 2.